The molecule has 1 N–H and O–H groups in total. The lowest BCUT2D eigenvalue weighted by atomic mass is 9.87. The van der Waals surface area contributed by atoms with E-state index in [1.54, 1.807) is 0 Å². The molecule has 0 fully saturated rings. The van der Waals surface area contributed by atoms with Gasteiger partial charge in [-0.15, -0.1) is 0 Å². The Morgan fingerprint density at radius 1 is 1.00 bits per heavy atom. The molecule has 2 aromatic rings. The third kappa shape index (κ3) is 3.40. The molecule has 1 heterocycles. The van der Waals surface area contributed by atoms with E-state index in [1.165, 1.54) is 5.56 Å². The summed E-state index contributed by atoms with van der Waals surface area (Å²) in [4.78, 5) is 0. The first kappa shape index (κ1) is 13.7. The van der Waals surface area contributed by atoms with Gasteiger partial charge in [-0.1, -0.05) is 32.9 Å². The maximum Gasteiger partial charge on any atom is 0.126 e. The molecule has 0 aliphatic rings. The lowest BCUT2D eigenvalue weighted by Gasteiger charge is -2.20. The minimum atomic E-state index is 0.175. The van der Waals surface area contributed by atoms with E-state index in [9.17, 15) is 0 Å². The standard InChI is InChI=1S/C17H23NO/c1-12-6-11-16(19-12)13(2)18-15-9-7-14(8-10-15)17(3,4)5/h6-11,13,18H,1-5H3. The number of benzene rings is 1. The SMILES string of the molecule is Cc1ccc(C(C)Nc2ccc(C(C)(C)C)cc2)o1. The van der Waals surface area contributed by atoms with E-state index >= 15 is 0 Å². The van der Waals surface area contributed by atoms with Crippen LogP contribution in [0.2, 0.25) is 0 Å². The summed E-state index contributed by atoms with van der Waals surface area (Å²) in [5, 5.41) is 3.46. The molecule has 1 atom stereocenters. The molecule has 0 bridgehead atoms. The average Bonchev–Trinajstić information content (AvgIpc) is 2.75. The van der Waals surface area contributed by atoms with Crippen molar-refractivity contribution >= 4 is 5.69 Å². The van der Waals surface area contributed by atoms with Crippen molar-refractivity contribution < 1.29 is 4.42 Å². The van der Waals surface area contributed by atoms with Crippen molar-refractivity contribution in [1.29, 1.82) is 0 Å². The van der Waals surface area contributed by atoms with E-state index < -0.39 is 0 Å². The highest BCUT2D eigenvalue weighted by atomic mass is 16.3. The van der Waals surface area contributed by atoms with E-state index in [4.69, 9.17) is 4.42 Å². The number of hydrogen-bond donors (Lipinski definition) is 1. The smallest absolute Gasteiger partial charge is 0.126 e. The van der Waals surface area contributed by atoms with Gasteiger partial charge in [-0.3, -0.25) is 0 Å². The van der Waals surface area contributed by atoms with Crippen LogP contribution in [-0.4, -0.2) is 0 Å². The molecule has 0 radical (unpaired) electrons. The largest absolute Gasteiger partial charge is 0.464 e. The van der Waals surface area contributed by atoms with Gasteiger partial charge in [0.2, 0.25) is 0 Å². The second kappa shape index (κ2) is 5.12. The molecule has 2 heteroatoms. The Kier molecular flexibility index (Phi) is 3.70. The Balaban J connectivity index is 2.07. The first-order chi connectivity index (χ1) is 8.86. The predicted molar refractivity (Wildman–Crippen MR) is 80.6 cm³/mol. The molecule has 2 rings (SSSR count). The van der Waals surface area contributed by atoms with Crippen LogP contribution in [0.15, 0.2) is 40.8 Å². The van der Waals surface area contributed by atoms with Crippen LogP contribution in [0, 0.1) is 6.92 Å². The summed E-state index contributed by atoms with van der Waals surface area (Å²) in [7, 11) is 0. The van der Waals surface area contributed by atoms with E-state index in [0.29, 0.717) is 0 Å². The Hall–Kier alpha value is -1.70. The van der Waals surface area contributed by atoms with Gasteiger partial charge in [-0.25, -0.2) is 0 Å². The summed E-state index contributed by atoms with van der Waals surface area (Å²) in [5.41, 5.74) is 2.66. The lowest BCUT2D eigenvalue weighted by molar-refractivity contribution is 0.467. The number of nitrogens with one attached hydrogen (secondary N) is 1. The zero-order chi connectivity index (χ0) is 14.0. The van der Waals surface area contributed by atoms with E-state index in [2.05, 4.69) is 57.3 Å². The minimum Gasteiger partial charge on any atom is -0.464 e. The average molecular weight is 257 g/mol. The van der Waals surface area contributed by atoms with Gasteiger partial charge < -0.3 is 9.73 Å². The molecule has 1 unspecified atom stereocenters. The van der Waals surface area contributed by atoms with Crippen LogP contribution in [0.5, 0.6) is 0 Å². The minimum absolute atomic E-state index is 0.175. The van der Waals surface area contributed by atoms with Crippen molar-refractivity contribution in [3.05, 3.63) is 53.5 Å². The van der Waals surface area contributed by atoms with Crippen molar-refractivity contribution in [2.75, 3.05) is 5.32 Å². The highest BCUT2D eigenvalue weighted by molar-refractivity contribution is 5.47. The summed E-state index contributed by atoms with van der Waals surface area (Å²) in [6.45, 7) is 10.8. The molecule has 0 aliphatic carbocycles. The van der Waals surface area contributed by atoms with Crippen LogP contribution >= 0.6 is 0 Å². The van der Waals surface area contributed by atoms with Gasteiger partial charge in [0.25, 0.3) is 0 Å². The van der Waals surface area contributed by atoms with Crippen LogP contribution in [0.3, 0.4) is 0 Å². The first-order valence-corrected chi connectivity index (χ1v) is 6.79. The van der Waals surface area contributed by atoms with Gasteiger partial charge in [-0.05, 0) is 49.1 Å². The maximum absolute atomic E-state index is 5.63. The van der Waals surface area contributed by atoms with Crippen LogP contribution in [0.1, 0.15) is 50.8 Å². The van der Waals surface area contributed by atoms with Gasteiger partial charge in [0.05, 0.1) is 6.04 Å². The summed E-state index contributed by atoms with van der Waals surface area (Å²) in [5.74, 6) is 1.92. The Morgan fingerprint density at radius 2 is 1.63 bits per heavy atom. The predicted octanol–water partition coefficient (Wildman–Crippen LogP) is 5.06. The summed E-state index contributed by atoms with van der Waals surface area (Å²) in [6, 6.07) is 12.8. The molecule has 0 saturated carbocycles. The number of anilines is 1. The third-order valence-electron chi connectivity index (χ3n) is 3.32. The van der Waals surface area contributed by atoms with Crippen molar-refractivity contribution in [2.24, 2.45) is 0 Å². The molecule has 102 valence electrons. The Morgan fingerprint density at radius 3 is 2.11 bits per heavy atom. The Labute approximate surface area is 115 Å². The summed E-state index contributed by atoms with van der Waals surface area (Å²) in [6.07, 6.45) is 0. The second-order valence-electron chi connectivity index (χ2n) is 6.14. The molecule has 19 heavy (non-hydrogen) atoms. The maximum atomic E-state index is 5.63. The molecular formula is C17H23NO. The molecule has 0 aliphatic heterocycles. The highest BCUT2D eigenvalue weighted by Crippen LogP contribution is 2.25. The third-order valence-corrected chi connectivity index (χ3v) is 3.32. The van der Waals surface area contributed by atoms with Crippen molar-refractivity contribution in [1.82, 2.24) is 0 Å². The normalized spacial score (nSPS) is 13.3. The zero-order valence-corrected chi connectivity index (χ0v) is 12.4. The molecular weight excluding hydrogens is 234 g/mol. The van der Waals surface area contributed by atoms with Crippen LogP contribution in [0.25, 0.3) is 0 Å². The van der Waals surface area contributed by atoms with Gasteiger partial charge in [0.15, 0.2) is 0 Å². The molecule has 2 nitrogen and oxygen atoms in total. The fourth-order valence-electron chi connectivity index (χ4n) is 2.07. The number of furan rings is 1. The van der Waals surface area contributed by atoms with E-state index in [1.807, 2.05) is 19.1 Å². The second-order valence-corrected chi connectivity index (χ2v) is 6.14. The van der Waals surface area contributed by atoms with Crippen LogP contribution in [-0.2, 0) is 5.41 Å². The highest BCUT2D eigenvalue weighted by Gasteiger charge is 2.14. The quantitative estimate of drug-likeness (QED) is 0.831. The first-order valence-electron chi connectivity index (χ1n) is 6.79. The monoisotopic (exact) mass is 257 g/mol. The fraction of sp³-hybridized carbons (Fsp3) is 0.412. The molecule has 0 spiro atoms. The number of rotatable bonds is 3. The van der Waals surface area contributed by atoms with Gasteiger partial charge in [0, 0.05) is 5.69 Å². The number of hydrogen-bond acceptors (Lipinski definition) is 2. The van der Waals surface area contributed by atoms with Crippen LogP contribution < -0.4 is 5.32 Å². The van der Waals surface area contributed by atoms with Gasteiger partial charge >= 0.3 is 0 Å². The fourth-order valence-corrected chi connectivity index (χ4v) is 2.07. The van der Waals surface area contributed by atoms with Gasteiger partial charge in [-0.2, -0.15) is 0 Å². The van der Waals surface area contributed by atoms with Crippen molar-refractivity contribution in [3.63, 3.8) is 0 Å². The van der Waals surface area contributed by atoms with E-state index in [-0.39, 0.29) is 11.5 Å². The van der Waals surface area contributed by atoms with Gasteiger partial charge in [0.1, 0.15) is 11.5 Å². The van der Waals surface area contributed by atoms with Crippen molar-refractivity contribution in [3.8, 4) is 0 Å². The number of aryl methyl sites for hydroxylation is 1. The van der Waals surface area contributed by atoms with E-state index in [0.717, 1.165) is 17.2 Å². The summed E-state index contributed by atoms with van der Waals surface area (Å²) >= 11 is 0. The lowest BCUT2D eigenvalue weighted by Crippen LogP contribution is -2.11. The molecule has 1 aromatic heterocycles. The molecule has 1 aromatic carbocycles. The molecule has 0 saturated heterocycles. The molecule has 0 amide bonds. The zero-order valence-electron chi connectivity index (χ0n) is 12.4. The Bertz CT molecular complexity index is 531. The van der Waals surface area contributed by atoms with Crippen molar-refractivity contribution in [2.45, 2.75) is 46.1 Å². The topological polar surface area (TPSA) is 25.2 Å². The van der Waals surface area contributed by atoms with Crippen LogP contribution in [0.4, 0.5) is 5.69 Å². The summed E-state index contributed by atoms with van der Waals surface area (Å²) < 4.78 is 5.63.